The summed E-state index contributed by atoms with van der Waals surface area (Å²) >= 11 is 5.95. The quantitative estimate of drug-likeness (QED) is 0.730. The maximum atomic E-state index is 5.95. The average molecular weight is 224 g/mol. The molecule has 1 saturated carbocycles. The van der Waals surface area contributed by atoms with Crippen molar-refractivity contribution in [3.8, 4) is 0 Å². The third-order valence-electron chi connectivity index (χ3n) is 3.05. The van der Waals surface area contributed by atoms with Crippen LogP contribution in [0.3, 0.4) is 0 Å². The number of hydrogen-bond donors (Lipinski definition) is 1. The van der Waals surface area contributed by atoms with Crippen molar-refractivity contribution in [1.29, 1.82) is 0 Å². The minimum absolute atomic E-state index is 0.644. The minimum atomic E-state index is 0.644. The molecule has 0 bridgehead atoms. The average Bonchev–Trinajstić information content (AvgIpc) is 2.46. The molecule has 1 fully saturated rings. The Kier molecular flexibility index (Phi) is 3.90. The zero-order valence-electron chi connectivity index (χ0n) is 9.01. The van der Waals surface area contributed by atoms with Crippen molar-refractivity contribution in [2.45, 2.75) is 44.6 Å². The lowest BCUT2D eigenvalue weighted by Gasteiger charge is -2.17. The highest BCUT2D eigenvalue weighted by Gasteiger charge is 2.11. The molecule has 1 nitrogen and oxygen atoms in total. The molecular formula is C13H18ClN. The van der Waals surface area contributed by atoms with Crippen LogP contribution in [0.4, 0.5) is 5.69 Å². The molecule has 2 heteroatoms. The van der Waals surface area contributed by atoms with Gasteiger partial charge in [-0.05, 0) is 31.0 Å². The Hall–Kier alpha value is -0.690. The molecule has 2 rings (SSSR count). The summed E-state index contributed by atoms with van der Waals surface area (Å²) in [7, 11) is 0. The lowest BCUT2D eigenvalue weighted by molar-refractivity contribution is 0.620. The van der Waals surface area contributed by atoms with Gasteiger partial charge in [0.15, 0.2) is 0 Å². The van der Waals surface area contributed by atoms with Crippen molar-refractivity contribution in [2.75, 3.05) is 5.32 Å². The normalized spacial score (nSPS) is 18.5. The first-order chi connectivity index (χ1) is 7.34. The Morgan fingerprint density at radius 3 is 2.47 bits per heavy atom. The maximum Gasteiger partial charge on any atom is 0.0426 e. The van der Waals surface area contributed by atoms with Crippen molar-refractivity contribution >= 4 is 17.3 Å². The van der Waals surface area contributed by atoms with Gasteiger partial charge in [0, 0.05) is 16.8 Å². The molecule has 1 N–H and O–H groups in total. The van der Waals surface area contributed by atoms with Crippen molar-refractivity contribution in [3.63, 3.8) is 0 Å². The standard InChI is InChI=1S/C13H18ClN/c14-11-6-5-9-13(10-11)15-12-7-3-1-2-4-8-12/h5-6,9-10,12,15H,1-4,7-8H2. The third kappa shape index (κ3) is 3.42. The van der Waals surface area contributed by atoms with Crippen LogP contribution >= 0.6 is 11.6 Å². The van der Waals surface area contributed by atoms with Crippen molar-refractivity contribution in [3.05, 3.63) is 29.3 Å². The van der Waals surface area contributed by atoms with Crippen LogP contribution in [-0.2, 0) is 0 Å². The summed E-state index contributed by atoms with van der Waals surface area (Å²) < 4.78 is 0. The van der Waals surface area contributed by atoms with Gasteiger partial charge >= 0.3 is 0 Å². The summed E-state index contributed by atoms with van der Waals surface area (Å²) in [6.07, 6.45) is 8.11. The first kappa shape index (κ1) is 10.8. The molecule has 1 aliphatic carbocycles. The molecule has 0 amide bonds. The molecule has 0 aromatic heterocycles. The van der Waals surface area contributed by atoms with Gasteiger partial charge in [-0.15, -0.1) is 0 Å². The molecule has 0 heterocycles. The fourth-order valence-electron chi connectivity index (χ4n) is 2.24. The highest BCUT2D eigenvalue weighted by molar-refractivity contribution is 6.30. The predicted octanol–water partition coefficient (Wildman–Crippen LogP) is 4.47. The first-order valence-electron chi connectivity index (χ1n) is 5.87. The van der Waals surface area contributed by atoms with Crippen LogP contribution in [0.5, 0.6) is 0 Å². The van der Waals surface area contributed by atoms with Gasteiger partial charge in [-0.1, -0.05) is 43.4 Å². The zero-order valence-corrected chi connectivity index (χ0v) is 9.76. The Balaban J connectivity index is 1.95. The van der Waals surface area contributed by atoms with Crippen LogP contribution in [0.2, 0.25) is 5.02 Å². The highest BCUT2D eigenvalue weighted by atomic mass is 35.5. The highest BCUT2D eigenvalue weighted by Crippen LogP contribution is 2.22. The van der Waals surface area contributed by atoms with Crippen LogP contribution in [-0.4, -0.2) is 6.04 Å². The van der Waals surface area contributed by atoms with E-state index in [0.29, 0.717) is 6.04 Å². The molecule has 1 aromatic carbocycles. The number of anilines is 1. The Morgan fingerprint density at radius 2 is 1.80 bits per heavy atom. The van der Waals surface area contributed by atoms with Crippen molar-refractivity contribution < 1.29 is 0 Å². The Morgan fingerprint density at radius 1 is 1.07 bits per heavy atom. The summed E-state index contributed by atoms with van der Waals surface area (Å²) in [5.74, 6) is 0. The molecule has 0 aliphatic heterocycles. The smallest absolute Gasteiger partial charge is 0.0426 e. The van der Waals surface area contributed by atoms with Gasteiger partial charge in [0.05, 0.1) is 0 Å². The van der Waals surface area contributed by atoms with Gasteiger partial charge in [-0.3, -0.25) is 0 Å². The number of halogens is 1. The van der Waals surface area contributed by atoms with E-state index in [-0.39, 0.29) is 0 Å². The van der Waals surface area contributed by atoms with Crippen LogP contribution in [0, 0.1) is 0 Å². The summed E-state index contributed by atoms with van der Waals surface area (Å²) in [6.45, 7) is 0. The van der Waals surface area contributed by atoms with Gasteiger partial charge < -0.3 is 5.32 Å². The summed E-state index contributed by atoms with van der Waals surface area (Å²) in [5, 5.41) is 4.39. The van der Waals surface area contributed by atoms with E-state index < -0.39 is 0 Å². The van der Waals surface area contributed by atoms with Gasteiger partial charge in [-0.25, -0.2) is 0 Å². The molecule has 0 saturated heterocycles. The molecule has 0 radical (unpaired) electrons. The van der Waals surface area contributed by atoms with Gasteiger partial charge in [0.1, 0.15) is 0 Å². The molecule has 1 aromatic rings. The topological polar surface area (TPSA) is 12.0 Å². The van der Waals surface area contributed by atoms with Gasteiger partial charge in [-0.2, -0.15) is 0 Å². The molecular weight excluding hydrogens is 206 g/mol. The lowest BCUT2D eigenvalue weighted by atomic mass is 10.1. The second-order valence-corrected chi connectivity index (χ2v) is 4.78. The summed E-state index contributed by atoms with van der Waals surface area (Å²) in [6, 6.07) is 8.66. The van der Waals surface area contributed by atoms with Crippen molar-refractivity contribution in [1.82, 2.24) is 0 Å². The van der Waals surface area contributed by atoms with E-state index >= 15 is 0 Å². The third-order valence-corrected chi connectivity index (χ3v) is 3.29. The van der Waals surface area contributed by atoms with Gasteiger partial charge in [0.25, 0.3) is 0 Å². The van der Waals surface area contributed by atoms with E-state index in [9.17, 15) is 0 Å². The number of rotatable bonds is 2. The minimum Gasteiger partial charge on any atom is -0.382 e. The van der Waals surface area contributed by atoms with E-state index in [1.807, 2.05) is 18.2 Å². The molecule has 0 atom stereocenters. The molecule has 0 spiro atoms. The molecule has 15 heavy (non-hydrogen) atoms. The number of nitrogens with one attached hydrogen (secondary N) is 1. The van der Waals surface area contributed by atoms with Crippen LogP contribution in [0.1, 0.15) is 38.5 Å². The SMILES string of the molecule is Clc1cccc(NC2CCCCCC2)c1. The van der Waals surface area contributed by atoms with Crippen molar-refractivity contribution in [2.24, 2.45) is 0 Å². The Labute approximate surface area is 96.8 Å². The molecule has 0 unspecified atom stereocenters. The maximum absolute atomic E-state index is 5.95. The van der Waals surface area contributed by atoms with Crippen LogP contribution in [0.25, 0.3) is 0 Å². The zero-order chi connectivity index (χ0) is 10.5. The lowest BCUT2D eigenvalue weighted by Crippen LogP contribution is -2.17. The van der Waals surface area contributed by atoms with E-state index in [2.05, 4.69) is 11.4 Å². The van der Waals surface area contributed by atoms with Crippen LogP contribution < -0.4 is 5.32 Å². The van der Waals surface area contributed by atoms with E-state index in [1.54, 1.807) is 0 Å². The molecule has 1 aliphatic rings. The second-order valence-electron chi connectivity index (χ2n) is 4.34. The fourth-order valence-corrected chi connectivity index (χ4v) is 2.43. The fraction of sp³-hybridized carbons (Fsp3) is 0.538. The van der Waals surface area contributed by atoms with E-state index in [0.717, 1.165) is 10.7 Å². The largest absolute Gasteiger partial charge is 0.382 e. The predicted molar refractivity (Wildman–Crippen MR) is 66.6 cm³/mol. The monoisotopic (exact) mass is 223 g/mol. The van der Waals surface area contributed by atoms with Gasteiger partial charge in [0.2, 0.25) is 0 Å². The van der Waals surface area contributed by atoms with Crippen LogP contribution in [0.15, 0.2) is 24.3 Å². The number of benzene rings is 1. The number of hydrogen-bond acceptors (Lipinski definition) is 1. The van der Waals surface area contributed by atoms with E-state index in [4.69, 9.17) is 11.6 Å². The second kappa shape index (κ2) is 5.41. The molecule has 82 valence electrons. The summed E-state index contributed by atoms with van der Waals surface area (Å²) in [5.41, 5.74) is 1.16. The first-order valence-corrected chi connectivity index (χ1v) is 6.24. The Bertz CT molecular complexity index is 303. The summed E-state index contributed by atoms with van der Waals surface area (Å²) in [4.78, 5) is 0. The van der Waals surface area contributed by atoms with E-state index in [1.165, 1.54) is 38.5 Å².